The zero-order chi connectivity index (χ0) is 16.7. The first-order valence-corrected chi connectivity index (χ1v) is 9.65. The van der Waals surface area contributed by atoms with E-state index >= 15 is 0 Å². The van der Waals surface area contributed by atoms with Gasteiger partial charge in [0.25, 0.3) is 0 Å². The summed E-state index contributed by atoms with van der Waals surface area (Å²) in [6, 6.07) is 5.09. The second-order valence-corrected chi connectivity index (χ2v) is 7.88. The summed E-state index contributed by atoms with van der Waals surface area (Å²) in [6.07, 6.45) is 4.37. The molecule has 0 saturated carbocycles. The van der Waals surface area contributed by atoms with E-state index in [0.717, 1.165) is 73.1 Å². The van der Waals surface area contributed by atoms with Gasteiger partial charge in [-0.15, -0.1) is 24.8 Å². The van der Waals surface area contributed by atoms with Crippen molar-refractivity contribution >= 4 is 51.8 Å². The summed E-state index contributed by atoms with van der Waals surface area (Å²) >= 11 is 3.55. The van der Waals surface area contributed by atoms with Gasteiger partial charge in [-0.1, -0.05) is 15.9 Å². The molecule has 2 aliphatic rings. The van der Waals surface area contributed by atoms with Crippen LogP contribution >= 0.6 is 40.7 Å². The molecule has 0 bridgehead atoms. The van der Waals surface area contributed by atoms with Crippen molar-refractivity contribution in [3.05, 3.63) is 32.7 Å². The number of halogens is 3. The Kier molecular flexibility index (Phi) is 7.62. The Balaban J connectivity index is 0.00000121. The van der Waals surface area contributed by atoms with E-state index in [1.165, 1.54) is 0 Å². The van der Waals surface area contributed by atoms with Crippen molar-refractivity contribution < 1.29 is 4.74 Å². The van der Waals surface area contributed by atoms with Gasteiger partial charge in [0.05, 0.1) is 11.0 Å². The van der Waals surface area contributed by atoms with Gasteiger partial charge in [0.15, 0.2) is 0 Å². The van der Waals surface area contributed by atoms with Crippen molar-refractivity contribution in [1.82, 2.24) is 14.5 Å². The monoisotopic (exact) mass is 465 g/mol. The maximum Gasteiger partial charge on any atom is 0.326 e. The summed E-state index contributed by atoms with van der Waals surface area (Å²) < 4.78 is 8.50. The molecule has 0 aliphatic carbocycles. The second kappa shape index (κ2) is 9.11. The van der Waals surface area contributed by atoms with Crippen LogP contribution in [0.25, 0.3) is 11.0 Å². The van der Waals surface area contributed by atoms with Crippen LogP contribution in [0.5, 0.6) is 0 Å². The Morgan fingerprint density at radius 1 is 1.08 bits per heavy atom. The second-order valence-electron chi connectivity index (χ2n) is 7.03. The third-order valence-electron chi connectivity index (χ3n) is 5.57. The van der Waals surface area contributed by atoms with Crippen molar-refractivity contribution in [1.29, 1.82) is 0 Å². The standard InChI is InChI=1S/C18H24BrN3O2.2ClH/c1-12-10-17-16(11-15(12)19)20-18(23)22(17)14-2-6-21(7-3-14)13-4-8-24-9-5-13;;/h10-11,13-14H,2-9H2,1H3,(H,20,23);2*1H. The molecule has 2 aromatic rings. The number of imidazole rings is 1. The molecule has 3 heterocycles. The van der Waals surface area contributed by atoms with E-state index in [1.54, 1.807) is 0 Å². The molecule has 1 N–H and O–H groups in total. The highest BCUT2D eigenvalue weighted by molar-refractivity contribution is 9.10. The summed E-state index contributed by atoms with van der Waals surface area (Å²) in [7, 11) is 0. The van der Waals surface area contributed by atoms with E-state index in [2.05, 4.69) is 38.8 Å². The first kappa shape index (κ1) is 21.8. The maximum absolute atomic E-state index is 12.5. The molecule has 1 aromatic carbocycles. The third-order valence-corrected chi connectivity index (χ3v) is 6.42. The quantitative estimate of drug-likeness (QED) is 0.725. The third kappa shape index (κ3) is 4.14. The molecule has 8 heteroatoms. The molecular weight excluding hydrogens is 441 g/mol. The summed E-state index contributed by atoms with van der Waals surface area (Å²) in [4.78, 5) is 18.1. The lowest BCUT2D eigenvalue weighted by Crippen LogP contribution is -2.45. The van der Waals surface area contributed by atoms with E-state index < -0.39 is 0 Å². The van der Waals surface area contributed by atoms with E-state index in [1.807, 2.05) is 10.6 Å². The van der Waals surface area contributed by atoms with Crippen LogP contribution in [-0.4, -0.2) is 46.8 Å². The van der Waals surface area contributed by atoms with Crippen molar-refractivity contribution in [2.75, 3.05) is 26.3 Å². The normalized spacial score (nSPS) is 19.9. The number of ether oxygens (including phenoxy) is 1. The number of aryl methyl sites for hydroxylation is 1. The van der Waals surface area contributed by atoms with Crippen molar-refractivity contribution in [3.8, 4) is 0 Å². The number of nitrogens with one attached hydrogen (secondary N) is 1. The van der Waals surface area contributed by atoms with Gasteiger partial charge in [-0.2, -0.15) is 0 Å². The Hall–Kier alpha value is -0.530. The van der Waals surface area contributed by atoms with Gasteiger partial charge in [-0.3, -0.25) is 4.57 Å². The average molecular weight is 467 g/mol. The van der Waals surface area contributed by atoms with Gasteiger partial charge < -0.3 is 14.6 Å². The predicted molar refractivity (Wildman–Crippen MR) is 113 cm³/mol. The van der Waals surface area contributed by atoms with Crippen molar-refractivity contribution in [3.63, 3.8) is 0 Å². The fraction of sp³-hybridized carbons (Fsp3) is 0.611. The number of aromatic amines is 1. The van der Waals surface area contributed by atoms with Crippen molar-refractivity contribution in [2.24, 2.45) is 0 Å². The van der Waals surface area contributed by atoms with Crippen LogP contribution in [0.1, 0.15) is 37.3 Å². The van der Waals surface area contributed by atoms with E-state index in [-0.39, 0.29) is 30.5 Å². The Bertz CT molecular complexity index is 794. The Morgan fingerprint density at radius 2 is 1.73 bits per heavy atom. The summed E-state index contributed by atoms with van der Waals surface area (Å²) in [5.74, 6) is 0. The highest BCUT2D eigenvalue weighted by Gasteiger charge is 2.28. The summed E-state index contributed by atoms with van der Waals surface area (Å²) in [6.45, 7) is 5.99. The van der Waals surface area contributed by atoms with E-state index in [4.69, 9.17) is 4.74 Å². The zero-order valence-electron chi connectivity index (χ0n) is 14.9. The van der Waals surface area contributed by atoms with Gasteiger partial charge in [-0.05, 0) is 50.3 Å². The first-order valence-electron chi connectivity index (χ1n) is 8.85. The molecule has 26 heavy (non-hydrogen) atoms. The van der Waals surface area contributed by atoms with Crippen LogP contribution in [0.3, 0.4) is 0 Å². The topological polar surface area (TPSA) is 50.3 Å². The molecule has 1 aromatic heterocycles. The maximum atomic E-state index is 12.5. The van der Waals surface area contributed by atoms with Crippen molar-refractivity contribution in [2.45, 2.75) is 44.7 Å². The molecule has 2 fully saturated rings. The lowest BCUT2D eigenvalue weighted by atomic mass is 9.99. The van der Waals surface area contributed by atoms with Crippen LogP contribution in [-0.2, 0) is 4.74 Å². The number of hydrogen-bond acceptors (Lipinski definition) is 3. The number of rotatable bonds is 2. The largest absolute Gasteiger partial charge is 0.381 e. The smallest absolute Gasteiger partial charge is 0.326 e. The lowest BCUT2D eigenvalue weighted by molar-refractivity contribution is 0.0220. The highest BCUT2D eigenvalue weighted by atomic mass is 79.9. The minimum atomic E-state index is 0. The molecule has 146 valence electrons. The minimum Gasteiger partial charge on any atom is -0.381 e. The number of piperidine rings is 1. The summed E-state index contributed by atoms with van der Waals surface area (Å²) in [5, 5.41) is 0. The van der Waals surface area contributed by atoms with Crippen LogP contribution in [0, 0.1) is 6.92 Å². The number of benzene rings is 1. The molecule has 2 saturated heterocycles. The molecule has 0 amide bonds. The van der Waals surface area contributed by atoms with Crippen LogP contribution in [0.15, 0.2) is 21.4 Å². The number of H-pyrrole nitrogens is 1. The van der Waals surface area contributed by atoms with Crippen LogP contribution in [0.2, 0.25) is 0 Å². The Labute approximate surface area is 174 Å². The molecule has 0 radical (unpaired) electrons. The summed E-state index contributed by atoms with van der Waals surface area (Å²) in [5.41, 5.74) is 3.14. The van der Waals surface area contributed by atoms with Gasteiger partial charge in [-0.25, -0.2) is 4.79 Å². The number of likely N-dealkylation sites (tertiary alicyclic amines) is 1. The minimum absolute atomic E-state index is 0. The molecular formula is C18H26BrCl2N3O2. The van der Waals surface area contributed by atoms with Gasteiger partial charge in [0.2, 0.25) is 0 Å². The zero-order valence-corrected chi connectivity index (χ0v) is 18.1. The number of nitrogens with zero attached hydrogens (tertiary/aromatic N) is 2. The molecule has 2 aliphatic heterocycles. The van der Waals surface area contributed by atoms with E-state index in [0.29, 0.717) is 12.1 Å². The van der Waals surface area contributed by atoms with Crippen LogP contribution < -0.4 is 5.69 Å². The molecule has 0 spiro atoms. The predicted octanol–water partition coefficient (Wildman–Crippen LogP) is 4.06. The first-order chi connectivity index (χ1) is 11.6. The molecule has 0 unspecified atom stereocenters. The lowest BCUT2D eigenvalue weighted by Gasteiger charge is -2.39. The fourth-order valence-electron chi connectivity index (χ4n) is 4.17. The van der Waals surface area contributed by atoms with Gasteiger partial charge in [0, 0.05) is 42.9 Å². The van der Waals surface area contributed by atoms with Gasteiger partial charge >= 0.3 is 5.69 Å². The average Bonchev–Trinajstić information content (AvgIpc) is 2.91. The fourth-order valence-corrected chi connectivity index (χ4v) is 4.52. The van der Waals surface area contributed by atoms with E-state index in [9.17, 15) is 4.79 Å². The molecule has 0 atom stereocenters. The number of hydrogen-bond donors (Lipinski definition) is 1. The molecule has 5 nitrogen and oxygen atoms in total. The SMILES string of the molecule is Cc1cc2c(cc1Br)[nH]c(=O)n2C1CCN(C2CCOCC2)CC1.Cl.Cl. The number of aromatic nitrogens is 2. The number of fused-ring (bicyclic) bond motifs is 1. The highest BCUT2D eigenvalue weighted by Crippen LogP contribution is 2.29. The molecule has 4 rings (SSSR count). The Morgan fingerprint density at radius 3 is 2.38 bits per heavy atom. The van der Waals surface area contributed by atoms with Gasteiger partial charge in [0.1, 0.15) is 0 Å². The van der Waals surface area contributed by atoms with Crippen LogP contribution in [0.4, 0.5) is 0 Å².